The number of fused-ring (bicyclic) bond motifs is 14. The molecule has 8 aromatic rings. The summed E-state index contributed by atoms with van der Waals surface area (Å²) in [6, 6.07) is 56.1. The lowest BCUT2D eigenvalue weighted by Gasteiger charge is -2.45. The summed E-state index contributed by atoms with van der Waals surface area (Å²) in [7, 11) is 0. The van der Waals surface area contributed by atoms with E-state index < -0.39 is 5.41 Å². The number of rotatable bonds is 1. The van der Waals surface area contributed by atoms with Gasteiger partial charge in [0.1, 0.15) is 11.5 Å². The molecule has 3 heterocycles. The van der Waals surface area contributed by atoms with E-state index >= 15 is 0 Å². The first-order chi connectivity index (χ1) is 23.6. The van der Waals surface area contributed by atoms with Crippen LogP contribution in [-0.4, -0.2) is 4.57 Å². The Morgan fingerprint density at radius 1 is 0.458 bits per heavy atom. The lowest BCUT2D eigenvalue weighted by Crippen LogP contribution is -2.37. The molecule has 48 heavy (non-hydrogen) atoms. The quantitative estimate of drug-likeness (QED) is 0.180. The SMILES string of the molecule is CC1(C)c2ccccc2-c2ccc(-c3ccc4c(c3)C3(c5ccccc5O4)c4ccccc4-n4c5ccccc5c5cccc3c54)cc21. The van der Waals surface area contributed by atoms with Gasteiger partial charge in [-0.05, 0) is 80.9 Å². The van der Waals surface area contributed by atoms with Crippen LogP contribution >= 0.6 is 0 Å². The predicted molar refractivity (Wildman–Crippen MR) is 196 cm³/mol. The molecule has 0 fully saturated rings. The summed E-state index contributed by atoms with van der Waals surface area (Å²) in [6.07, 6.45) is 0. The molecular weight excluding hydrogens is 583 g/mol. The van der Waals surface area contributed by atoms with E-state index in [1.54, 1.807) is 0 Å². The Labute approximate surface area is 279 Å². The van der Waals surface area contributed by atoms with Gasteiger partial charge >= 0.3 is 0 Å². The van der Waals surface area contributed by atoms with E-state index in [0.717, 1.165) is 11.5 Å². The first-order valence-corrected chi connectivity index (χ1v) is 16.9. The summed E-state index contributed by atoms with van der Waals surface area (Å²) < 4.78 is 9.28. The minimum Gasteiger partial charge on any atom is -0.457 e. The molecule has 7 aromatic carbocycles. The molecule has 1 aliphatic carbocycles. The van der Waals surface area contributed by atoms with E-state index in [1.165, 1.54) is 83.1 Å². The molecule has 226 valence electrons. The van der Waals surface area contributed by atoms with Gasteiger partial charge in [0.05, 0.1) is 22.1 Å². The summed E-state index contributed by atoms with van der Waals surface area (Å²) in [5, 5.41) is 2.55. The maximum absolute atomic E-state index is 6.80. The molecule has 1 unspecified atom stereocenters. The zero-order valence-electron chi connectivity index (χ0n) is 26.8. The van der Waals surface area contributed by atoms with Crippen molar-refractivity contribution in [1.29, 1.82) is 0 Å². The Bertz CT molecular complexity index is 2690. The smallest absolute Gasteiger partial charge is 0.132 e. The zero-order chi connectivity index (χ0) is 31.8. The van der Waals surface area contributed by atoms with Crippen LogP contribution in [0.4, 0.5) is 0 Å². The van der Waals surface area contributed by atoms with Crippen LogP contribution in [0.15, 0.2) is 152 Å². The second kappa shape index (κ2) is 8.93. The van der Waals surface area contributed by atoms with Crippen molar-refractivity contribution in [2.75, 3.05) is 0 Å². The van der Waals surface area contributed by atoms with Gasteiger partial charge < -0.3 is 9.30 Å². The normalized spacial score (nSPS) is 17.4. The fourth-order valence-corrected chi connectivity index (χ4v) is 9.39. The molecule has 2 nitrogen and oxygen atoms in total. The number of hydrogen-bond donors (Lipinski definition) is 0. The topological polar surface area (TPSA) is 14.2 Å². The largest absolute Gasteiger partial charge is 0.457 e. The van der Waals surface area contributed by atoms with Crippen LogP contribution in [0.5, 0.6) is 11.5 Å². The first-order valence-electron chi connectivity index (χ1n) is 16.9. The summed E-state index contributed by atoms with van der Waals surface area (Å²) in [5.74, 6) is 1.81. The Hall–Kier alpha value is -5.86. The van der Waals surface area contributed by atoms with Gasteiger partial charge in [-0.15, -0.1) is 0 Å². The van der Waals surface area contributed by atoms with Crippen molar-refractivity contribution in [1.82, 2.24) is 4.57 Å². The van der Waals surface area contributed by atoms with Crippen molar-refractivity contribution in [2.45, 2.75) is 24.7 Å². The van der Waals surface area contributed by atoms with Gasteiger partial charge in [0.25, 0.3) is 0 Å². The van der Waals surface area contributed by atoms with Crippen molar-refractivity contribution < 1.29 is 4.74 Å². The third-order valence-electron chi connectivity index (χ3n) is 11.5. The molecule has 0 amide bonds. The minimum atomic E-state index is -0.576. The van der Waals surface area contributed by atoms with E-state index in [2.05, 4.69) is 170 Å². The molecular formula is C46H31NO. The molecule has 2 aliphatic heterocycles. The van der Waals surface area contributed by atoms with Gasteiger partial charge in [0.2, 0.25) is 0 Å². The molecule has 0 radical (unpaired) electrons. The van der Waals surface area contributed by atoms with Gasteiger partial charge in [-0.3, -0.25) is 0 Å². The summed E-state index contributed by atoms with van der Waals surface area (Å²) in [4.78, 5) is 0. The van der Waals surface area contributed by atoms with Gasteiger partial charge in [-0.1, -0.05) is 129 Å². The lowest BCUT2D eigenvalue weighted by molar-refractivity contribution is 0.434. The average molecular weight is 614 g/mol. The molecule has 0 saturated carbocycles. The molecule has 0 saturated heterocycles. The van der Waals surface area contributed by atoms with Gasteiger partial charge in [-0.25, -0.2) is 0 Å². The summed E-state index contributed by atoms with van der Waals surface area (Å²) in [6.45, 7) is 4.71. The van der Waals surface area contributed by atoms with Crippen molar-refractivity contribution in [2.24, 2.45) is 0 Å². The van der Waals surface area contributed by atoms with Crippen LogP contribution in [0, 0.1) is 0 Å². The van der Waals surface area contributed by atoms with E-state index in [0.29, 0.717) is 0 Å². The highest BCUT2D eigenvalue weighted by Crippen LogP contribution is 2.61. The molecule has 0 N–H and O–H groups in total. The molecule has 0 bridgehead atoms. The second-order valence-corrected chi connectivity index (χ2v) is 14.1. The van der Waals surface area contributed by atoms with Gasteiger partial charge in [-0.2, -0.15) is 0 Å². The fourth-order valence-electron chi connectivity index (χ4n) is 9.39. The summed E-state index contributed by atoms with van der Waals surface area (Å²) >= 11 is 0. The fraction of sp³-hybridized carbons (Fsp3) is 0.0870. The zero-order valence-corrected chi connectivity index (χ0v) is 26.8. The maximum Gasteiger partial charge on any atom is 0.132 e. The standard InChI is InChI=1S/C46H31NO/c1-45(2)34-15-5-3-12-30(34)31-24-22-28(26-38(31)45)29-23-25-43-39(27-29)46(36-17-7-10-21-42(36)48-43)35-16-6-9-20-41(35)47-40-19-8-4-13-32(40)33-14-11-18-37(46)44(33)47/h3-27H,1-2H3. The van der Waals surface area contributed by atoms with Crippen molar-refractivity contribution in [3.8, 4) is 39.4 Å². The van der Waals surface area contributed by atoms with E-state index in [9.17, 15) is 0 Å². The maximum atomic E-state index is 6.80. The molecule has 2 heteroatoms. The van der Waals surface area contributed by atoms with Crippen LogP contribution < -0.4 is 4.74 Å². The van der Waals surface area contributed by atoms with Crippen LogP contribution in [0.25, 0.3) is 49.7 Å². The summed E-state index contributed by atoms with van der Waals surface area (Å²) in [5.41, 5.74) is 15.9. The highest BCUT2D eigenvalue weighted by atomic mass is 16.5. The second-order valence-electron chi connectivity index (χ2n) is 14.1. The van der Waals surface area contributed by atoms with Crippen molar-refractivity contribution >= 4 is 21.8 Å². The first kappa shape index (κ1) is 26.2. The van der Waals surface area contributed by atoms with E-state index in [4.69, 9.17) is 4.74 Å². The number of benzene rings is 7. The van der Waals surface area contributed by atoms with Gasteiger partial charge in [0, 0.05) is 27.3 Å². The van der Waals surface area contributed by atoms with Crippen LogP contribution in [-0.2, 0) is 10.8 Å². The van der Waals surface area contributed by atoms with E-state index in [1.807, 2.05) is 0 Å². The Morgan fingerprint density at radius 3 is 1.98 bits per heavy atom. The third kappa shape index (κ3) is 3.04. The number of para-hydroxylation sites is 4. The van der Waals surface area contributed by atoms with Gasteiger partial charge in [0.15, 0.2) is 0 Å². The Morgan fingerprint density at radius 2 is 1.08 bits per heavy atom. The molecule has 1 atom stereocenters. The highest BCUT2D eigenvalue weighted by molar-refractivity contribution is 6.12. The Balaban J connectivity index is 1.24. The van der Waals surface area contributed by atoms with Crippen LogP contribution in [0.2, 0.25) is 0 Å². The van der Waals surface area contributed by atoms with Crippen LogP contribution in [0.3, 0.4) is 0 Å². The molecule has 1 spiro atoms. The number of ether oxygens (including phenoxy) is 1. The minimum absolute atomic E-state index is 0.0647. The Kier molecular flexibility index (Phi) is 4.88. The number of hydrogen-bond acceptors (Lipinski definition) is 1. The number of nitrogens with zero attached hydrogens (tertiary/aromatic N) is 1. The molecule has 3 aliphatic rings. The molecule has 1 aromatic heterocycles. The third-order valence-corrected chi connectivity index (χ3v) is 11.5. The van der Waals surface area contributed by atoms with E-state index in [-0.39, 0.29) is 5.41 Å². The monoisotopic (exact) mass is 613 g/mol. The van der Waals surface area contributed by atoms with Crippen molar-refractivity contribution in [3.05, 3.63) is 185 Å². The van der Waals surface area contributed by atoms with Crippen LogP contribution in [0.1, 0.15) is 47.2 Å². The predicted octanol–water partition coefficient (Wildman–Crippen LogP) is 11.6. The average Bonchev–Trinajstić information content (AvgIpc) is 3.59. The number of aromatic nitrogens is 1. The molecule has 11 rings (SSSR count). The van der Waals surface area contributed by atoms with Crippen molar-refractivity contribution in [3.63, 3.8) is 0 Å². The lowest BCUT2D eigenvalue weighted by atomic mass is 9.61. The highest BCUT2D eigenvalue weighted by Gasteiger charge is 2.50.